The maximum atomic E-state index is 12.3. The van der Waals surface area contributed by atoms with Crippen LogP contribution in [0.1, 0.15) is 29.2 Å². The summed E-state index contributed by atoms with van der Waals surface area (Å²) in [4.78, 5) is 12.3. The van der Waals surface area contributed by atoms with Crippen molar-refractivity contribution in [3.05, 3.63) is 63.7 Å². The fourth-order valence-corrected chi connectivity index (χ4v) is 2.90. The van der Waals surface area contributed by atoms with Crippen LogP contribution in [-0.2, 0) is 24.4 Å². The standard InChI is InChI=1S/C19H21ClN2O2.ClH/c1-12-3-6-17(20)18(7-12)24-13(2)19(23)22-9-14-4-5-15-10-21-11-16(15)8-14;/h3-8,13,21H,9-11H2,1-2H3,(H,22,23);1H. The SMILES string of the molecule is Cc1ccc(Cl)c(OC(C)C(=O)NCc2ccc3c(c2)CNC3)c1.Cl. The zero-order chi connectivity index (χ0) is 17.1. The molecular formula is C19H22Cl2N2O2. The zero-order valence-corrected chi connectivity index (χ0v) is 15.8. The van der Waals surface area contributed by atoms with E-state index in [2.05, 4.69) is 28.8 Å². The van der Waals surface area contributed by atoms with E-state index in [1.54, 1.807) is 13.0 Å². The van der Waals surface area contributed by atoms with Crippen LogP contribution < -0.4 is 15.4 Å². The highest BCUT2D eigenvalue weighted by atomic mass is 35.5. The first kappa shape index (κ1) is 19.6. The van der Waals surface area contributed by atoms with Gasteiger partial charge < -0.3 is 15.4 Å². The van der Waals surface area contributed by atoms with Crippen LogP contribution in [0, 0.1) is 6.92 Å². The fraction of sp³-hybridized carbons (Fsp3) is 0.316. The third-order valence-corrected chi connectivity index (χ3v) is 4.44. The lowest BCUT2D eigenvalue weighted by atomic mass is 10.1. The number of benzene rings is 2. The highest BCUT2D eigenvalue weighted by molar-refractivity contribution is 6.32. The normalized spacial score (nSPS) is 13.6. The van der Waals surface area contributed by atoms with Gasteiger partial charge in [-0.25, -0.2) is 0 Å². The molecule has 1 unspecified atom stereocenters. The van der Waals surface area contributed by atoms with Crippen LogP contribution >= 0.6 is 24.0 Å². The molecule has 1 heterocycles. The Balaban J connectivity index is 0.00000225. The van der Waals surface area contributed by atoms with Crippen LogP contribution in [-0.4, -0.2) is 12.0 Å². The van der Waals surface area contributed by atoms with E-state index in [1.165, 1.54) is 11.1 Å². The summed E-state index contributed by atoms with van der Waals surface area (Å²) in [5, 5.41) is 6.74. The average Bonchev–Trinajstić information content (AvgIpc) is 3.03. The number of carbonyl (C=O) groups excluding carboxylic acids is 1. The van der Waals surface area contributed by atoms with E-state index in [1.807, 2.05) is 19.1 Å². The minimum atomic E-state index is -0.611. The molecule has 2 aromatic carbocycles. The Morgan fingerprint density at radius 2 is 2.00 bits per heavy atom. The Hall–Kier alpha value is -1.75. The third kappa shape index (κ3) is 4.88. The molecule has 0 spiro atoms. The summed E-state index contributed by atoms with van der Waals surface area (Å²) in [5.41, 5.74) is 4.76. The molecule has 0 aliphatic carbocycles. The van der Waals surface area contributed by atoms with Crippen LogP contribution in [0.2, 0.25) is 5.02 Å². The number of rotatable bonds is 5. The van der Waals surface area contributed by atoms with Crippen LogP contribution in [0.3, 0.4) is 0 Å². The van der Waals surface area contributed by atoms with Crippen molar-refractivity contribution >= 4 is 29.9 Å². The van der Waals surface area contributed by atoms with E-state index >= 15 is 0 Å². The summed E-state index contributed by atoms with van der Waals surface area (Å²) in [6.45, 7) is 5.98. The van der Waals surface area contributed by atoms with Gasteiger partial charge in [-0.15, -0.1) is 12.4 Å². The molecule has 1 aliphatic rings. The van der Waals surface area contributed by atoms with Gasteiger partial charge in [0.1, 0.15) is 5.75 Å². The predicted molar refractivity (Wildman–Crippen MR) is 102 cm³/mol. The molecular weight excluding hydrogens is 359 g/mol. The number of fused-ring (bicyclic) bond motifs is 1. The molecule has 0 saturated heterocycles. The minimum absolute atomic E-state index is 0. The van der Waals surface area contributed by atoms with Gasteiger partial charge in [0, 0.05) is 19.6 Å². The molecule has 2 N–H and O–H groups in total. The largest absolute Gasteiger partial charge is 0.479 e. The third-order valence-electron chi connectivity index (χ3n) is 4.13. The van der Waals surface area contributed by atoms with Crippen molar-refractivity contribution in [3.63, 3.8) is 0 Å². The lowest BCUT2D eigenvalue weighted by Gasteiger charge is -2.16. The van der Waals surface area contributed by atoms with E-state index in [9.17, 15) is 4.79 Å². The summed E-state index contributed by atoms with van der Waals surface area (Å²) in [5.74, 6) is 0.370. The Bertz CT molecular complexity index is 765. The van der Waals surface area contributed by atoms with Crippen LogP contribution in [0.15, 0.2) is 36.4 Å². The molecule has 3 rings (SSSR count). The van der Waals surface area contributed by atoms with E-state index in [-0.39, 0.29) is 18.3 Å². The molecule has 134 valence electrons. The van der Waals surface area contributed by atoms with Gasteiger partial charge in [-0.2, -0.15) is 0 Å². The van der Waals surface area contributed by atoms with Gasteiger partial charge >= 0.3 is 0 Å². The molecule has 0 aromatic heterocycles. The lowest BCUT2D eigenvalue weighted by Crippen LogP contribution is -2.36. The lowest BCUT2D eigenvalue weighted by molar-refractivity contribution is -0.127. The number of hydrogen-bond donors (Lipinski definition) is 2. The molecule has 1 atom stereocenters. The summed E-state index contributed by atoms with van der Waals surface area (Å²) < 4.78 is 5.70. The quantitative estimate of drug-likeness (QED) is 0.829. The second-order valence-corrected chi connectivity index (χ2v) is 6.53. The van der Waals surface area contributed by atoms with Crippen LogP contribution in [0.4, 0.5) is 0 Å². The summed E-state index contributed by atoms with van der Waals surface area (Å²) in [7, 11) is 0. The molecule has 0 bridgehead atoms. The number of nitrogens with one attached hydrogen (secondary N) is 2. The second-order valence-electron chi connectivity index (χ2n) is 6.12. The van der Waals surface area contributed by atoms with Crippen molar-refractivity contribution in [2.75, 3.05) is 0 Å². The first-order valence-corrected chi connectivity index (χ1v) is 8.42. The van der Waals surface area contributed by atoms with Gasteiger partial charge in [0.2, 0.25) is 0 Å². The Morgan fingerprint density at radius 3 is 2.80 bits per heavy atom. The highest BCUT2D eigenvalue weighted by Gasteiger charge is 2.16. The van der Waals surface area contributed by atoms with Gasteiger partial charge in [-0.1, -0.05) is 35.9 Å². The molecule has 0 radical (unpaired) electrons. The Kier molecular flexibility index (Phi) is 6.71. The Labute approximate surface area is 159 Å². The number of aryl methyl sites for hydroxylation is 1. The summed E-state index contributed by atoms with van der Waals surface area (Å²) in [6, 6.07) is 11.8. The molecule has 2 aromatic rings. The highest BCUT2D eigenvalue weighted by Crippen LogP contribution is 2.26. The number of ether oxygens (including phenoxy) is 1. The molecule has 0 fully saturated rings. The average molecular weight is 381 g/mol. The van der Waals surface area contributed by atoms with Crippen molar-refractivity contribution in [1.82, 2.24) is 10.6 Å². The number of carbonyl (C=O) groups is 1. The van der Waals surface area contributed by atoms with Gasteiger partial charge in [0.05, 0.1) is 5.02 Å². The van der Waals surface area contributed by atoms with Gasteiger partial charge in [0.15, 0.2) is 6.10 Å². The van der Waals surface area contributed by atoms with Crippen molar-refractivity contribution in [3.8, 4) is 5.75 Å². The molecule has 1 amide bonds. The molecule has 4 nitrogen and oxygen atoms in total. The van der Waals surface area contributed by atoms with Crippen molar-refractivity contribution < 1.29 is 9.53 Å². The second kappa shape index (κ2) is 8.56. The topological polar surface area (TPSA) is 50.4 Å². The van der Waals surface area contributed by atoms with E-state index in [4.69, 9.17) is 16.3 Å². The van der Waals surface area contributed by atoms with E-state index in [0.717, 1.165) is 24.2 Å². The maximum absolute atomic E-state index is 12.3. The smallest absolute Gasteiger partial charge is 0.261 e. The Morgan fingerprint density at radius 1 is 1.24 bits per heavy atom. The predicted octanol–water partition coefficient (Wildman–Crippen LogP) is 3.76. The molecule has 0 saturated carbocycles. The fourth-order valence-electron chi connectivity index (χ4n) is 2.74. The molecule has 1 aliphatic heterocycles. The van der Waals surface area contributed by atoms with E-state index < -0.39 is 6.10 Å². The monoisotopic (exact) mass is 380 g/mol. The van der Waals surface area contributed by atoms with Crippen molar-refractivity contribution in [2.24, 2.45) is 0 Å². The summed E-state index contributed by atoms with van der Waals surface area (Å²) >= 11 is 6.11. The van der Waals surface area contributed by atoms with E-state index in [0.29, 0.717) is 17.3 Å². The molecule has 6 heteroatoms. The van der Waals surface area contributed by atoms with Crippen molar-refractivity contribution in [1.29, 1.82) is 0 Å². The maximum Gasteiger partial charge on any atom is 0.261 e. The van der Waals surface area contributed by atoms with Crippen LogP contribution in [0.25, 0.3) is 0 Å². The first-order valence-electron chi connectivity index (χ1n) is 8.05. The molecule has 25 heavy (non-hydrogen) atoms. The van der Waals surface area contributed by atoms with Crippen molar-refractivity contribution in [2.45, 2.75) is 39.6 Å². The van der Waals surface area contributed by atoms with Gasteiger partial charge in [-0.05, 0) is 48.2 Å². The summed E-state index contributed by atoms with van der Waals surface area (Å²) in [6.07, 6.45) is -0.611. The van der Waals surface area contributed by atoms with Crippen LogP contribution in [0.5, 0.6) is 5.75 Å². The number of halogens is 2. The number of hydrogen-bond acceptors (Lipinski definition) is 3. The number of amides is 1. The van der Waals surface area contributed by atoms with Gasteiger partial charge in [-0.3, -0.25) is 4.79 Å². The van der Waals surface area contributed by atoms with Gasteiger partial charge in [0.25, 0.3) is 5.91 Å². The minimum Gasteiger partial charge on any atom is -0.479 e. The zero-order valence-electron chi connectivity index (χ0n) is 14.3. The first-order chi connectivity index (χ1) is 11.5.